The molecular formula is C18H20N4O2. The average molecular weight is 324 g/mol. The maximum absolute atomic E-state index is 12.3. The SMILES string of the molecule is O=C(C=Cc1ccccc1)Nc1c[nH]nc1C(=O)NC1CCCC1. The Kier molecular flexibility index (Phi) is 5.05. The largest absolute Gasteiger partial charge is 0.348 e. The molecule has 3 N–H and O–H groups in total. The second kappa shape index (κ2) is 7.59. The van der Waals surface area contributed by atoms with Crippen molar-refractivity contribution in [3.8, 4) is 0 Å². The van der Waals surface area contributed by atoms with E-state index < -0.39 is 0 Å². The summed E-state index contributed by atoms with van der Waals surface area (Å²) in [5, 5.41) is 12.2. The standard InChI is InChI=1S/C18H20N4O2/c23-16(11-10-13-6-2-1-3-7-13)21-15-12-19-22-17(15)18(24)20-14-8-4-5-9-14/h1-3,6-7,10-12,14H,4-5,8-9H2,(H,19,22)(H,20,24)(H,21,23). The Labute approximate surface area is 140 Å². The number of anilines is 1. The van der Waals surface area contributed by atoms with Crippen molar-refractivity contribution >= 4 is 23.6 Å². The molecule has 0 bridgehead atoms. The number of hydrogen-bond donors (Lipinski definition) is 3. The second-order valence-electron chi connectivity index (χ2n) is 5.84. The zero-order valence-corrected chi connectivity index (χ0v) is 13.3. The van der Waals surface area contributed by atoms with Crippen molar-refractivity contribution < 1.29 is 9.59 Å². The monoisotopic (exact) mass is 324 g/mol. The van der Waals surface area contributed by atoms with E-state index in [1.165, 1.54) is 12.3 Å². The number of nitrogens with zero attached hydrogens (tertiary/aromatic N) is 1. The lowest BCUT2D eigenvalue weighted by atomic mass is 10.2. The maximum atomic E-state index is 12.3. The molecule has 1 heterocycles. The van der Waals surface area contributed by atoms with Gasteiger partial charge in [0.1, 0.15) is 0 Å². The molecule has 0 unspecified atom stereocenters. The number of amides is 2. The number of carbonyl (C=O) groups excluding carboxylic acids is 2. The first kappa shape index (κ1) is 16.0. The fraction of sp³-hybridized carbons (Fsp3) is 0.278. The topological polar surface area (TPSA) is 86.9 Å². The number of carbonyl (C=O) groups is 2. The van der Waals surface area contributed by atoms with E-state index >= 15 is 0 Å². The third kappa shape index (κ3) is 4.10. The molecule has 0 spiro atoms. The first-order valence-electron chi connectivity index (χ1n) is 8.11. The minimum atomic E-state index is -0.310. The summed E-state index contributed by atoms with van der Waals surface area (Å²) in [5.41, 5.74) is 1.52. The molecule has 2 aromatic rings. The number of benzene rings is 1. The van der Waals surface area contributed by atoms with E-state index in [0.29, 0.717) is 5.69 Å². The third-order valence-corrected chi connectivity index (χ3v) is 4.03. The van der Waals surface area contributed by atoms with Crippen LogP contribution in [0, 0.1) is 0 Å². The Morgan fingerprint density at radius 3 is 2.67 bits per heavy atom. The molecule has 1 aliphatic carbocycles. The van der Waals surface area contributed by atoms with Gasteiger partial charge in [-0.1, -0.05) is 43.2 Å². The molecule has 1 saturated carbocycles. The van der Waals surface area contributed by atoms with Gasteiger partial charge in [0.05, 0.1) is 5.69 Å². The second-order valence-corrected chi connectivity index (χ2v) is 5.84. The Hall–Kier alpha value is -2.89. The molecule has 1 aliphatic rings. The van der Waals surface area contributed by atoms with Crippen LogP contribution in [-0.2, 0) is 4.79 Å². The van der Waals surface area contributed by atoms with Crippen molar-refractivity contribution in [3.05, 3.63) is 53.9 Å². The van der Waals surface area contributed by atoms with Crippen LogP contribution in [0.15, 0.2) is 42.6 Å². The van der Waals surface area contributed by atoms with Crippen molar-refractivity contribution in [2.24, 2.45) is 0 Å². The van der Waals surface area contributed by atoms with Crippen LogP contribution in [0.2, 0.25) is 0 Å². The van der Waals surface area contributed by atoms with Gasteiger partial charge >= 0.3 is 0 Å². The van der Waals surface area contributed by atoms with Gasteiger partial charge in [0.15, 0.2) is 5.69 Å². The fourth-order valence-electron chi connectivity index (χ4n) is 2.79. The molecule has 1 aromatic carbocycles. The highest BCUT2D eigenvalue weighted by molar-refractivity contribution is 6.06. The highest BCUT2D eigenvalue weighted by atomic mass is 16.2. The molecule has 3 rings (SSSR count). The number of rotatable bonds is 5. The molecule has 1 fully saturated rings. The van der Waals surface area contributed by atoms with E-state index in [2.05, 4.69) is 20.8 Å². The lowest BCUT2D eigenvalue weighted by molar-refractivity contribution is -0.111. The summed E-state index contributed by atoms with van der Waals surface area (Å²) in [5.74, 6) is -0.569. The molecule has 0 radical (unpaired) electrons. The van der Waals surface area contributed by atoms with Gasteiger partial charge < -0.3 is 10.6 Å². The van der Waals surface area contributed by atoms with Crippen molar-refractivity contribution in [1.82, 2.24) is 15.5 Å². The van der Waals surface area contributed by atoms with Gasteiger partial charge in [0, 0.05) is 18.3 Å². The van der Waals surface area contributed by atoms with Crippen LogP contribution in [0.1, 0.15) is 41.7 Å². The molecule has 24 heavy (non-hydrogen) atoms. The number of nitrogens with one attached hydrogen (secondary N) is 3. The van der Waals surface area contributed by atoms with Crippen LogP contribution in [0.5, 0.6) is 0 Å². The average Bonchev–Trinajstić information content (AvgIpc) is 3.26. The van der Waals surface area contributed by atoms with Crippen LogP contribution in [0.25, 0.3) is 6.08 Å². The van der Waals surface area contributed by atoms with Gasteiger partial charge in [-0.15, -0.1) is 0 Å². The van der Waals surface area contributed by atoms with E-state index in [1.54, 1.807) is 6.08 Å². The molecule has 6 heteroatoms. The number of hydrogen-bond acceptors (Lipinski definition) is 3. The summed E-state index contributed by atoms with van der Waals surface area (Å²) >= 11 is 0. The van der Waals surface area contributed by atoms with Gasteiger partial charge in [0.2, 0.25) is 5.91 Å². The third-order valence-electron chi connectivity index (χ3n) is 4.03. The molecule has 0 atom stereocenters. The predicted molar refractivity (Wildman–Crippen MR) is 92.4 cm³/mol. The van der Waals surface area contributed by atoms with E-state index in [1.807, 2.05) is 30.3 Å². The predicted octanol–water partition coefficient (Wildman–Crippen LogP) is 2.73. The lowest BCUT2D eigenvalue weighted by Crippen LogP contribution is -2.33. The van der Waals surface area contributed by atoms with Crippen molar-refractivity contribution in [3.63, 3.8) is 0 Å². The molecular weight excluding hydrogens is 304 g/mol. The Balaban J connectivity index is 1.61. The van der Waals surface area contributed by atoms with Crippen LogP contribution >= 0.6 is 0 Å². The lowest BCUT2D eigenvalue weighted by Gasteiger charge is -2.11. The summed E-state index contributed by atoms with van der Waals surface area (Å²) in [4.78, 5) is 24.3. The van der Waals surface area contributed by atoms with E-state index in [4.69, 9.17) is 0 Å². The van der Waals surface area contributed by atoms with E-state index in [0.717, 1.165) is 31.2 Å². The van der Waals surface area contributed by atoms with E-state index in [9.17, 15) is 9.59 Å². The number of H-pyrrole nitrogens is 1. The zero-order chi connectivity index (χ0) is 16.8. The van der Waals surface area contributed by atoms with Crippen molar-refractivity contribution in [1.29, 1.82) is 0 Å². The fourth-order valence-corrected chi connectivity index (χ4v) is 2.79. The Morgan fingerprint density at radius 2 is 1.92 bits per heavy atom. The van der Waals surface area contributed by atoms with Gasteiger partial charge in [-0.2, -0.15) is 5.10 Å². The van der Waals surface area contributed by atoms with Crippen molar-refractivity contribution in [2.45, 2.75) is 31.7 Å². The first-order valence-corrected chi connectivity index (χ1v) is 8.11. The normalized spacial score (nSPS) is 14.8. The molecule has 2 amide bonds. The van der Waals surface area contributed by atoms with Crippen LogP contribution < -0.4 is 10.6 Å². The quantitative estimate of drug-likeness (QED) is 0.739. The summed E-state index contributed by atoms with van der Waals surface area (Å²) in [6, 6.07) is 9.73. The minimum Gasteiger partial charge on any atom is -0.348 e. The van der Waals surface area contributed by atoms with Gasteiger partial charge in [-0.3, -0.25) is 14.7 Å². The van der Waals surface area contributed by atoms with Crippen LogP contribution in [0.3, 0.4) is 0 Å². The van der Waals surface area contributed by atoms with Crippen molar-refractivity contribution in [2.75, 3.05) is 5.32 Å². The van der Waals surface area contributed by atoms with E-state index in [-0.39, 0.29) is 23.6 Å². The van der Waals surface area contributed by atoms with Gasteiger partial charge in [-0.25, -0.2) is 0 Å². The zero-order valence-electron chi connectivity index (χ0n) is 13.3. The highest BCUT2D eigenvalue weighted by Gasteiger charge is 2.21. The summed E-state index contributed by atoms with van der Waals surface area (Å²) in [7, 11) is 0. The Bertz CT molecular complexity index is 730. The number of aromatic amines is 1. The van der Waals surface area contributed by atoms with Crippen LogP contribution in [-0.4, -0.2) is 28.1 Å². The number of aromatic nitrogens is 2. The van der Waals surface area contributed by atoms with Gasteiger partial charge in [-0.05, 0) is 24.5 Å². The molecule has 0 aliphatic heterocycles. The summed E-state index contributed by atoms with van der Waals surface area (Å²) in [6.45, 7) is 0. The summed E-state index contributed by atoms with van der Waals surface area (Å²) < 4.78 is 0. The highest BCUT2D eigenvalue weighted by Crippen LogP contribution is 2.19. The smallest absolute Gasteiger partial charge is 0.274 e. The molecule has 1 aromatic heterocycles. The minimum absolute atomic E-state index is 0.204. The van der Waals surface area contributed by atoms with Crippen LogP contribution in [0.4, 0.5) is 5.69 Å². The van der Waals surface area contributed by atoms with Gasteiger partial charge in [0.25, 0.3) is 5.91 Å². The first-order chi connectivity index (χ1) is 11.7. The maximum Gasteiger partial charge on any atom is 0.274 e. The summed E-state index contributed by atoms with van der Waals surface area (Å²) in [6.07, 6.45) is 8.93. The Morgan fingerprint density at radius 1 is 1.17 bits per heavy atom. The molecule has 6 nitrogen and oxygen atoms in total. The molecule has 0 saturated heterocycles. The molecule has 124 valence electrons.